The van der Waals surface area contributed by atoms with E-state index in [0.717, 1.165) is 16.5 Å². The van der Waals surface area contributed by atoms with Crippen LogP contribution in [0.4, 0.5) is 0 Å². The monoisotopic (exact) mass is 202 g/mol. The first kappa shape index (κ1) is 9.93. The van der Waals surface area contributed by atoms with Gasteiger partial charge in [-0.05, 0) is 19.1 Å². The molecule has 3 heteroatoms. The minimum atomic E-state index is -0.0722. The van der Waals surface area contributed by atoms with Crippen molar-refractivity contribution >= 4 is 10.9 Å². The number of nitrogens with zero attached hydrogens (tertiary/aromatic N) is 1. The van der Waals surface area contributed by atoms with Crippen molar-refractivity contribution in [3.05, 3.63) is 35.9 Å². The van der Waals surface area contributed by atoms with Gasteiger partial charge in [-0.15, -0.1) is 0 Å². The summed E-state index contributed by atoms with van der Waals surface area (Å²) >= 11 is 0. The van der Waals surface area contributed by atoms with E-state index in [2.05, 4.69) is 4.98 Å². The lowest BCUT2D eigenvalue weighted by atomic mass is 10.1. The minimum absolute atomic E-state index is 0.0722. The van der Waals surface area contributed by atoms with Gasteiger partial charge in [-0.1, -0.05) is 18.2 Å². The molecule has 0 amide bonds. The molecule has 0 spiro atoms. The van der Waals surface area contributed by atoms with Gasteiger partial charge >= 0.3 is 0 Å². The van der Waals surface area contributed by atoms with Gasteiger partial charge in [0.1, 0.15) is 0 Å². The third kappa shape index (κ3) is 1.78. The summed E-state index contributed by atoms with van der Waals surface area (Å²) in [6.45, 7) is 1.92. The summed E-state index contributed by atoms with van der Waals surface area (Å²) in [6.07, 6.45) is 0. The molecule has 0 fully saturated rings. The molecule has 0 aliphatic heterocycles. The number of ether oxygens (including phenoxy) is 1. The van der Waals surface area contributed by atoms with E-state index >= 15 is 0 Å². The maximum atomic E-state index is 5.86. The summed E-state index contributed by atoms with van der Waals surface area (Å²) in [5.74, 6) is 0.615. The number of pyridine rings is 1. The zero-order valence-corrected chi connectivity index (χ0v) is 8.90. The van der Waals surface area contributed by atoms with Gasteiger partial charge in [0.15, 0.2) is 0 Å². The van der Waals surface area contributed by atoms with Crippen LogP contribution in [0, 0.1) is 0 Å². The Bertz CT molecular complexity index is 480. The molecule has 2 N–H and O–H groups in total. The van der Waals surface area contributed by atoms with E-state index in [0.29, 0.717) is 5.88 Å². The number of methoxy groups -OCH3 is 1. The van der Waals surface area contributed by atoms with E-state index in [1.807, 2.05) is 37.3 Å². The van der Waals surface area contributed by atoms with Crippen molar-refractivity contribution in [1.29, 1.82) is 0 Å². The molecule has 3 nitrogen and oxygen atoms in total. The SMILES string of the molecule is COc1nc2ccccc2cc1C(C)N. The highest BCUT2D eigenvalue weighted by atomic mass is 16.5. The van der Waals surface area contributed by atoms with Gasteiger partial charge in [-0.25, -0.2) is 4.98 Å². The molecule has 15 heavy (non-hydrogen) atoms. The Balaban J connectivity index is 2.69. The van der Waals surface area contributed by atoms with Crippen LogP contribution < -0.4 is 10.5 Å². The van der Waals surface area contributed by atoms with Crippen LogP contribution in [-0.2, 0) is 0 Å². The highest BCUT2D eigenvalue weighted by Crippen LogP contribution is 2.25. The van der Waals surface area contributed by atoms with E-state index in [1.54, 1.807) is 7.11 Å². The van der Waals surface area contributed by atoms with Gasteiger partial charge in [0.25, 0.3) is 0 Å². The predicted octanol–water partition coefficient (Wildman–Crippen LogP) is 2.26. The molecular formula is C12H14N2O. The van der Waals surface area contributed by atoms with Gasteiger partial charge < -0.3 is 10.5 Å². The molecule has 0 radical (unpaired) electrons. The summed E-state index contributed by atoms with van der Waals surface area (Å²) in [7, 11) is 1.61. The third-order valence-electron chi connectivity index (χ3n) is 2.40. The number of aromatic nitrogens is 1. The molecule has 0 aliphatic rings. The van der Waals surface area contributed by atoms with Crippen molar-refractivity contribution in [2.24, 2.45) is 5.73 Å². The average Bonchev–Trinajstić information content (AvgIpc) is 2.27. The molecule has 1 aromatic heterocycles. The number of nitrogens with two attached hydrogens (primary N) is 1. The van der Waals surface area contributed by atoms with Crippen LogP contribution in [0.3, 0.4) is 0 Å². The van der Waals surface area contributed by atoms with Crippen molar-refractivity contribution in [2.75, 3.05) is 7.11 Å². The third-order valence-corrected chi connectivity index (χ3v) is 2.40. The second kappa shape index (κ2) is 3.87. The molecule has 0 saturated heterocycles. The summed E-state index contributed by atoms with van der Waals surface area (Å²) in [6, 6.07) is 9.89. The number of rotatable bonds is 2. The largest absolute Gasteiger partial charge is 0.481 e. The number of para-hydroxylation sites is 1. The number of benzene rings is 1. The van der Waals surface area contributed by atoms with Gasteiger partial charge in [-0.3, -0.25) is 0 Å². The molecule has 1 unspecified atom stereocenters. The van der Waals surface area contributed by atoms with Gasteiger partial charge in [0.05, 0.1) is 12.6 Å². The van der Waals surface area contributed by atoms with E-state index < -0.39 is 0 Å². The standard InChI is InChI=1S/C12H14N2O/c1-8(13)10-7-9-5-3-4-6-11(9)14-12(10)15-2/h3-8H,13H2,1-2H3. The summed E-state index contributed by atoms with van der Waals surface area (Å²) in [4.78, 5) is 4.41. The number of hydrogen-bond acceptors (Lipinski definition) is 3. The Hall–Kier alpha value is -1.61. The quantitative estimate of drug-likeness (QED) is 0.812. The van der Waals surface area contributed by atoms with E-state index in [1.165, 1.54) is 0 Å². The fourth-order valence-corrected chi connectivity index (χ4v) is 1.60. The zero-order valence-electron chi connectivity index (χ0n) is 8.90. The van der Waals surface area contributed by atoms with Crippen LogP contribution in [0.5, 0.6) is 5.88 Å². The lowest BCUT2D eigenvalue weighted by molar-refractivity contribution is 0.391. The topological polar surface area (TPSA) is 48.1 Å². The van der Waals surface area contributed by atoms with Crippen LogP contribution in [0.15, 0.2) is 30.3 Å². The molecule has 2 aromatic rings. The van der Waals surface area contributed by atoms with Crippen LogP contribution in [-0.4, -0.2) is 12.1 Å². The van der Waals surface area contributed by atoms with Gasteiger partial charge in [0, 0.05) is 17.0 Å². The molecule has 1 aromatic carbocycles. The molecule has 0 saturated carbocycles. The smallest absolute Gasteiger partial charge is 0.218 e. The maximum absolute atomic E-state index is 5.86. The first-order chi connectivity index (χ1) is 7.22. The second-order valence-corrected chi connectivity index (χ2v) is 3.57. The first-order valence-corrected chi connectivity index (χ1v) is 4.91. The van der Waals surface area contributed by atoms with Crippen molar-refractivity contribution in [3.63, 3.8) is 0 Å². The zero-order chi connectivity index (χ0) is 10.8. The number of fused-ring (bicyclic) bond motifs is 1. The molecule has 2 rings (SSSR count). The first-order valence-electron chi connectivity index (χ1n) is 4.91. The van der Waals surface area contributed by atoms with Crippen molar-refractivity contribution < 1.29 is 4.74 Å². The summed E-state index contributed by atoms with van der Waals surface area (Å²) in [5.41, 5.74) is 7.73. The van der Waals surface area contributed by atoms with Crippen LogP contribution in [0.1, 0.15) is 18.5 Å². The summed E-state index contributed by atoms with van der Waals surface area (Å²) in [5, 5.41) is 1.09. The summed E-state index contributed by atoms with van der Waals surface area (Å²) < 4.78 is 5.22. The molecule has 1 atom stereocenters. The van der Waals surface area contributed by atoms with Crippen molar-refractivity contribution in [2.45, 2.75) is 13.0 Å². The van der Waals surface area contributed by atoms with E-state index in [9.17, 15) is 0 Å². The fraction of sp³-hybridized carbons (Fsp3) is 0.250. The lowest BCUT2D eigenvalue weighted by Crippen LogP contribution is -2.08. The Morgan fingerprint density at radius 1 is 1.33 bits per heavy atom. The molecule has 78 valence electrons. The second-order valence-electron chi connectivity index (χ2n) is 3.57. The van der Waals surface area contributed by atoms with Gasteiger partial charge in [0.2, 0.25) is 5.88 Å². The van der Waals surface area contributed by atoms with E-state index in [4.69, 9.17) is 10.5 Å². The highest BCUT2D eigenvalue weighted by Gasteiger charge is 2.10. The number of hydrogen-bond donors (Lipinski definition) is 1. The van der Waals surface area contributed by atoms with Crippen LogP contribution >= 0.6 is 0 Å². The minimum Gasteiger partial charge on any atom is -0.481 e. The molecule has 0 aliphatic carbocycles. The van der Waals surface area contributed by atoms with Crippen molar-refractivity contribution in [3.8, 4) is 5.88 Å². The van der Waals surface area contributed by atoms with Crippen LogP contribution in [0.2, 0.25) is 0 Å². The fourth-order valence-electron chi connectivity index (χ4n) is 1.60. The lowest BCUT2D eigenvalue weighted by Gasteiger charge is -2.11. The Morgan fingerprint density at radius 3 is 2.73 bits per heavy atom. The van der Waals surface area contributed by atoms with Crippen LogP contribution in [0.25, 0.3) is 10.9 Å². The molecule has 1 heterocycles. The van der Waals surface area contributed by atoms with E-state index in [-0.39, 0.29) is 6.04 Å². The van der Waals surface area contributed by atoms with Crippen molar-refractivity contribution in [1.82, 2.24) is 4.98 Å². The molecular weight excluding hydrogens is 188 g/mol. The predicted molar refractivity (Wildman–Crippen MR) is 60.9 cm³/mol. The van der Waals surface area contributed by atoms with Gasteiger partial charge in [-0.2, -0.15) is 0 Å². The average molecular weight is 202 g/mol. The Kier molecular flexibility index (Phi) is 2.56. The Labute approximate surface area is 88.9 Å². The normalized spacial score (nSPS) is 12.7. The highest BCUT2D eigenvalue weighted by molar-refractivity contribution is 5.80. The maximum Gasteiger partial charge on any atom is 0.218 e. The Morgan fingerprint density at radius 2 is 2.07 bits per heavy atom. The molecule has 0 bridgehead atoms.